The van der Waals surface area contributed by atoms with E-state index in [-0.39, 0.29) is 56.8 Å². The summed E-state index contributed by atoms with van der Waals surface area (Å²) in [6.45, 7) is -0.303. The Morgan fingerprint density at radius 1 is 0.863 bits per heavy atom. The number of imide groups is 1. The van der Waals surface area contributed by atoms with Crippen molar-refractivity contribution in [3.05, 3.63) is 123 Å². The standard InChI is InChI=1S/C38H35Cl2N3O8/c39-29-12-11-26(20-30(29)40)49-22-35(45)41-31(18-24-6-2-1-3-7-24)32(44)21-42(16-14-25-10-13-33-34(19-25)51-23-50-33)36(46)15-17-43-37(47)27-8-4-5-9-28(27)38(43)48/h1-13,19-20,31-32,44H,14-18,21-23H2,(H,41,45). The van der Waals surface area contributed by atoms with Crippen LogP contribution in [-0.4, -0.2) is 83.7 Å². The molecule has 13 heteroatoms. The molecule has 2 heterocycles. The van der Waals surface area contributed by atoms with E-state index < -0.39 is 29.9 Å². The van der Waals surface area contributed by atoms with E-state index >= 15 is 0 Å². The molecule has 2 unspecified atom stereocenters. The van der Waals surface area contributed by atoms with Gasteiger partial charge in [-0.25, -0.2) is 0 Å². The first kappa shape index (κ1) is 35.7. The normalized spacial score (nSPS) is 14.2. The molecular weight excluding hydrogens is 697 g/mol. The average molecular weight is 733 g/mol. The summed E-state index contributed by atoms with van der Waals surface area (Å²) in [4.78, 5) is 55.5. The van der Waals surface area contributed by atoms with E-state index in [1.165, 1.54) is 11.0 Å². The Morgan fingerprint density at radius 2 is 1.57 bits per heavy atom. The number of nitrogens with one attached hydrogen (secondary N) is 1. The first-order valence-electron chi connectivity index (χ1n) is 16.4. The van der Waals surface area contributed by atoms with E-state index in [4.69, 9.17) is 37.4 Å². The van der Waals surface area contributed by atoms with Crippen LogP contribution in [0, 0.1) is 0 Å². The highest BCUT2D eigenvalue weighted by Gasteiger charge is 2.35. The van der Waals surface area contributed by atoms with Gasteiger partial charge in [0.25, 0.3) is 17.7 Å². The highest BCUT2D eigenvalue weighted by atomic mass is 35.5. The van der Waals surface area contributed by atoms with Crippen molar-refractivity contribution in [2.24, 2.45) is 0 Å². The third kappa shape index (κ3) is 8.80. The van der Waals surface area contributed by atoms with Crippen LogP contribution in [0.4, 0.5) is 0 Å². The average Bonchev–Trinajstić information content (AvgIpc) is 3.70. The SMILES string of the molecule is O=C(COc1ccc(Cl)c(Cl)c1)NC(Cc1ccccc1)C(O)CN(CCc1ccc2c(c1)OCO2)C(=O)CCN1C(=O)c2ccccc2C1=O. The van der Waals surface area contributed by atoms with Gasteiger partial charge in [0.2, 0.25) is 12.7 Å². The zero-order valence-electron chi connectivity index (χ0n) is 27.4. The van der Waals surface area contributed by atoms with Crippen LogP contribution in [0.2, 0.25) is 10.0 Å². The van der Waals surface area contributed by atoms with E-state index in [0.29, 0.717) is 39.8 Å². The molecule has 11 nitrogen and oxygen atoms in total. The van der Waals surface area contributed by atoms with Crippen LogP contribution < -0.4 is 19.5 Å². The Hall–Kier alpha value is -5.10. The van der Waals surface area contributed by atoms with Gasteiger partial charge in [0, 0.05) is 32.1 Å². The topological polar surface area (TPSA) is 135 Å². The Morgan fingerprint density at radius 3 is 2.29 bits per heavy atom. The number of hydrogen-bond donors (Lipinski definition) is 2. The maximum absolute atomic E-state index is 13.8. The first-order chi connectivity index (χ1) is 24.7. The molecule has 4 aromatic carbocycles. The molecule has 6 rings (SSSR count). The maximum atomic E-state index is 13.8. The molecule has 264 valence electrons. The summed E-state index contributed by atoms with van der Waals surface area (Å²) in [5, 5.41) is 15.2. The molecular formula is C38H35Cl2N3O8. The second-order valence-electron chi connectivity index (χ2n) is 12.1. The van der Waals surface area contributed by atoms with Gasteiger partial charge in [-0.3, -0.25) is 24.1 Å². The van der Waals surface area contributed by atoms with Crippen LogP contribution in [0.5, 0.6) is 17.2 Å². The van der Waals surface area contributed by atoms with Crippen molar-refractivity contribution in [3.8, 4) is 17.2 Å². The number of rotatable bonds is 15. The number of aliphatic hydroxyl groups is 1. The Labute approximate surface area is 304 Å². The van der Waals surface area contributed by atoms with Crippen LogP contribution in [0.25, 0.3) is 0 Å². The predicted octanol–water partition coefficient (Wildman–Crippen LogP) is 4.95. The molecule has 0 bridgehead atoms. The largest absolute Gasteiger partial charge is 0.484 e. The molecule has 0 fully saturated rings. The highest BCUT2D eigenvalue weighted by molar-refractivity contribution is 6.42. The summed E-state index contributed by atoms with van der Waals surface area (Å²) in [7, 11) is 0. The summed E-state index contributed by atoms with van der Waals surface area (Å²) in [6.07, 6.45) is -0.694. The molecule has 4 amide bonds. The van der Waals surface area contributed by atoms with Gasteiger partial charge in [-0.05, 0) is 60.4 Å². The molecule has 51 heavy (non-hydrogen) atoms. The van der Waals surface area contributed by atoms with E-state index in [0.717, 1.165) is 16.0 Å². The zero-order valence-corrected chi connectivity index (χ0v) is 28.9. The van der Waals surface area contributed by atoms with Gasteiger partial charge in [0.15, 0.2) is 18.1 Å². The third-order valence-electron chi connectivity index (χ3n) is 8.67. The fourth-order valence-corrected chi connectivity index (χ4v) is 6.24. The van der Waals surface area contributed by atoms with Crippen LogP contribution in [0.15, 0.2) is 91.0 Å². The summed E-state index contributed by atoms with van der Waals surface area (Å²) in [6, 6.07) is 25.2. The van der Waals surface area contributed by atoms with Crippen LogP contribution in [0.1, 0.15) is 38.3 Å². The fourth-order valence-electron chi connectivity index (χ4n) is 5.95. The van der Waals surface area contributed by atoms with Crippen molar-refractivity contribution >= 4 is 46.8 Å². The third-order valence-corrected chi connectivity index (χ3v) is 9.40. The number of aliphatic hydroxyl groups excluding tert-OH is 1. The minimum Gasteiger partial charge on any atom is -0.484 e. The number of amides is 4. The van der Waals surface area contributed by atoms with Gasteiger partial charge < -0.3 is 29.5 Å². The minimum atomic E-state index is -1.21. The van der Waals surface area contributed by atoms with Gasteiger partial charge in [-0.2, -0.15) is 0 Å². The highest BCUT2D eigenvalue weighted by Crippen LogP contribution is 2.33. The molecule has 2 N–H and O–H groups in total. The van der Waals surface area contributed by atoms with Gasteiger partial charge in [0.05, 0.1) is 33.3 Å². The number of halogens is 2. The van der Waals surface area contributed by atoms with Crippen LogP contribution in [0.3, 0.4) is 0 Å². The summed E-state index contributed by atoms with van der Waals surface area (Å²) < 4.78 is 16.5. The number of fused-ring (bicyclic) bond motifs is 2. The number of hydrogen-bond acceptors (Lipinski definition) is 8. The molecule has 0 aliphatic carbocycles. The Kier molecular flexibility index (Phi) is 11.4. The lowest BCUT2D eigenvalue weighted by Crippen LogP contribution is -2.52. The minimum absolute atomic E-state index is 0.125. The molecule has 2 atom stereocenters. The summed E-state index contributed by atoms with van der Waals surface area (Å²) in [5.74, 6) is -0.203. The molecule has 0 saturated heterocycles. The lowest BCUT2D eigenvalue weighted by molar-refractivity contribution is -0.133. The van der Waals surface area contributed by atoms with E-state index in [2.05, 4.69) is 5.32 Å². The number of nitrogens with zero attached hydrogens (tertiary/aromatic N) is 2. The smallest absolute Gasteiger partial charge is 0.261 e. The van der Waals surface area contributed by atoms with Crippen molar-refractivity contribution in [1.82, 2.24) is 15.1 Å². The molecule has 0 radical (unpaired) electrons. The fraction of sp³-hybridized carbons (Fsp3) is 0.263. The van der Waals surface area contributed by atoms with Crippen molar-refractivity contribution < 1.29 is 38.5 Å². The second-order valence-corrected chi connectivity index (χ2v) is 12.9. The monoisotopic (exact) mass is 731 g/mol. The summed E-state index contributed by atoms with van der Waals surface area (Å²) in [5.41, 5.74) is 2.33. The van der Waals surface area contributed by atoms with Gasteiger partial charge >= 0.3 is 0 Å². The van der Waals surface area contributed by atoms with Crippen LogP contribution >= 0.6 is 23.2 Å². The molecule has 0 spiro atoms. The lowest BCUT2D eigenvalue weighted by Gasteiger charge is -2.31. The quantitative estimate of drug-likeness (QED) is 0.164. The van der Waals surface area contributed by atoms with Crippen molar-refractivity contribution in [3.63, 3.8) is 0 Å². The van der Waals surface area contributed by atoms with E-state index in [9.17, 15) is 24.3 Å². The van der Waals surface area contributed by atoms with Gasteiger partial charge in [0.1, 0.15) is 5.75 Å². The predicted molar refractivity (Wildman–Crippen MR) is 189 cm³/mol. The van der Waals surface area contributed by atoms with Crippen molar-refractivity contribution in [2.45, 2.75) is 31.4 Å². The van der Waals surface area contributed by atoms with Gasteiger partial charge in [-0.1, -0.05) is 71.7 Å². The molecule has 4 aromatic rings. The Bertz CT molecular complexity index is 1890. The first-order valence-corrected chi connectivity index (χ1v) is 17.1. The van der Waals surface area contributed by atoms with Crippen molar-refractivity contribution in [1.29, 1.82) is 0 Å². The number of ether oxygens (including phenoxy) is 3. The number of carbonyl (C=O) groups excluding carboxylic acids is 4. The molecule has 0 saturated carbocycles. The van der Waals surface area contributed by atoms with E-state index in [1.807, 2.05) is 42.5 Å². The van der Waals surface area contributed by atoms with Crippen LogP contribution in [-0.2, 0) is 22.4 Å². The lowest BCUT2D eigenvalue weighted by atomic mass is 10.00. The number of benzene rings is 4. The number of carbonyl (C=O) groups is 4. The summed E-state index contributed by atoms with van der Waals surface area (Å²) >= 11 is 12.1. The Balaban J connectivity index is 1.16. The van der Waals surface area contributed by atoms with Crippen molar-refractivity contribution in [2.75, 3.05) is 33.0 Å². The molecule has 2 aliphatic rings. The maximum Gasteiger partial charge on any atom is 0.261 e. The zero-order chi connectivity index (χ0) is 35.9. The van der Waals surface area contributed by atoms with Gasteiger partial charge in [-0.15, -0.1) is 0 Å². The molecule has 2 aliphatic heterocycles. The molecule has 0 aromatic heterocycles. The second kappa shape index (κ2) is 16.3. The van der Waals surface area contributed by atoms with E-state index in [1.54, 1.807) is 42.5 Å².